The molecular weight excluding hydrogens is 328 g/mol. The van der Waals surface area contributed by atoms with Gasteiger partial charge in [-0.05, 0) is 37.2 Å². The zero-order chi connectivity index (χ0) is 16.4. The van der Waals surface area contributed by atoms with Crippen LogP contribution in [0.25, 0.3) is 11.3 Å². The minimum atomic E-state index is 0.489. The number of hydrogen-bond donors (Lipinski definition) is 2. The molecule has 1 aliphatic rings. The van der Waals surface area contributed by atoms with Gasteiger partial charge in [-0.15, -0.1) is 11.3 Å². The van der Waals surface area contributed by atoms with E-state index in [4.69, 9.17) is 4.98 Å². The van der Waals surface area contributed by atoms with Crippen molar-refractivity contribution in [3.8, 4) is 11.3 Å². The van der Waals surface area contributed by atoms with Crippen molar-refractivity contribution >= 4 is 33.9 Å². The lowest BCUT2D eigenvalue weighted by atomic mass is 10.0. The highest BCUT2D eigenvalue weighted by atomic mass is 32.1. The van der Waals surface area contributed by atoms with Gasteiger partial charge in [0.05, 0.1) is 11.9 Å². The Morgan fingerprint density at radius 2 is 2.13 bits per heavy atom. The first-order chi connectivity index (χ1) is 11.2. The monoisotopic (exact) mass is 348 g/mol. The van der Waals surface area contributed by atoms with Crippen LogP contribution in [0.4, 0.5) is 11.1 Å². The van der Waals surface area contributed by atoms with E-state index in [-0.39, 0.29) is 0 Å². The number of anilines is 2. The number of aryl methyl sites for hydroxylation is 2. The first kappa shape index (κ1) is 16.1. The smallest absolute Gasteiger partial charge is 0.241 e. The number of fused-ring (bicyclic) bond motifs is 3. The van der Waals surface area contributed by atoms with Crippen LogP contribution in [-0.4, -0.2) is 24.5 Å². The van der Waals surface area contributed by atoms with Crippen molar-refractivity contribution in [2.45, 2.75) is 46.5 Å². The Labute approximate surface area is 143 Å². The molecule has 8 heteroatoms. The molecule has 1 atom stereocenters. The lowest BCUT2D eigenvalue weighted by Crippen LogP contribution is -1.95. The second kappa shape index (κ2) is 6.76. The van der Waals surface area contributed by atoms with Crippen molar-refractivity contribution in [2.24, 2.45) is 0 Å². The fourth-order valence-electron chi connectivity index (χ4n) is 2.58. The molecule has 0 saturated heterocycles. The lowest BCUT2D eigenvalue weighted by molar-refractivity contribution is 0.669. The molecule has 1 aliphatic carbocycles. The van der Waals surface area contributed by atoms with E-state index >= 15 is 0 Å². The van der Waals surface area contributed by atoms with Crippen molar-refractivity contribution in [2.75, 3.05) is 5.32 Å². The van der Waals surface area contributed by atoms with Crippen LogP contribution in [0.5, 0.6) is 0 Å². The maximum Gasteiger partial charge on any atom is 0.241 e. The van der Waals surface area contributed by atoms with E-state index in [0.717, 1.165) is 34.2 Å². The van der Waals surface area contributed by atoms with E-state index in [2.05, 4.69) is 31.8 Å². The molecule has 0 radical (unpaired) electrons. The predicted molar refractivity (Wildman–Crippen MR) is 95.7 cm³/mol. The lowest BCUT2D eigenvalue weighted by Gasteiger charge is -2.06. The molecule has 0 bridgehead atoms. The maximum atomic E-state index is 4.74. The van der Waals surface area contributed by atoms with Crippen LogP contribution < -0.4 is 5.32 Å². The molecule has 2 N–H and O–H groups in total. The first-order valence-corrected chi connectivity index (χ1v) is 9.40. The van der Waals surface area contributed by atoms with Crippen molar-refractivity contribution in [1.29, 1.82) is 0 Å². The van der Waals surface area contributed by atoms with Crippen molar-refractivity contribution in [1.82, 2.24) is 24.5 Å². The molecule has 0 spiro atoms. The number of rotatable bonds is 2. The number of aromatic nitrogens is 5. The number of H-pyrrole nitrogens is 1. The van der Waals surface area contributed by atoms with Gasteiger partial charge in [-0.2, -0.15) is 9.47 Å². The van der Waals surface area contributed by atoms with Crippen LogP contribution in [-0.2, 0) is 6.42 Å². The molecule has 0 aliphatic heterocycles. The van der Waals surface area contributed by atoms with Crippen LogP contribution in [0.3, 0.4) is 0 Å². The highest BCUT2D eigenvalue weighted by Crippen LogP contribution is 2.40. The van der Waals surface area contributed by atoms with Crippen LogP contribution in [0.15, 0.2) is 6.20 Å². The van der Waals surface area contributed by atoms with Crippen molar-refractivity contribution in [3.63, 3.8) is 0 Å². The Kier molecular flexibility index (Phi) is 4.72. The van der Waals surface area contributed by atoms with Gasteiger partial charge in [0.25, 0.3) is 0 Å². The Bertz CT molecular complexity index is 788. The van der Waals surface area contributed by atoms with Gasteiger partial charge in [0.2, 0.25) is 5.95 Å². The molecule has 4 rings (SSSR count). The second-order valence-electron chi connectivity index (χ2n) is 5.19. The normalized spacial score (nSPS) is 15.9. The van der Waals surface area contributed by atoms with Gasteiger partial charge < -0.3 is 0 Å². The minimum Gasteiger partial charge on any atom is -0.299 e. The Hall–Kier alpha value is -1.80. The molecule has 0 aromatic carbocycles. The highest BCUT2D eigenvalue weighted by molar-refractivity contribution is 7.16. The zero-order valence-corrected chi connectivity index (χ0v) is 15.3. The molecule has 3 aromatic heterocycles. The third-order valence-electron chi connectivity index (χ3n) is 3.66. The van der Waals surface area contributed by atoms with Gasteiger partial charge in [-0.1, -0.05) is 20.8 Å². The largest absolute Gasteiger partial charge is 0.299 e. The summed E-state index contributed by atoms with van der Waals surface area (Å²) in [5.41, 5.74) is 3.36. The summed E-state index contributed by atoms with van der Waals surface area (Å²) in [5.74, 6) is 1.12. The van der Waals surface area contributed by atoms with Gasteiger partial charge in [0.1, 0.15) is 5.01 Å². The summed E-state index contributed by atoms with van der Waals surface area (Å²) in [4.78, 5) is 10.4. The minimum absolute atomic E-state index is 0.489. The van der Waals surface area contributed by atoms with E-state index in [1.165, 1.54) is 22.1 Å². The molecule has 3 heterocycles. The van der Waals surface area contributed by atoms with Gasteiger partial charge in [0.15, 0.2) is 5.13 Å². The van der Waals surface area contributed by atoms with E-state index in [1.54, 1.807) is 11.3 Å². The van der Waals surface area contributed by atoms with Crippen LogP contribution in [0.1, 0.15) is 48.7 Å². The molecule has 3 aromatic rings. The Morgan fingerprint density at radius 1 is 1.30 bits per heavy atom. The topological polar surface area (TPSA) is 79.4 Å². The number of hydrogen-bond acceptors (Lipinski definition) is 7. The second-order valence-corrected chi connectivity index (χ2v) is 7.23. The standard InChI is InChI=1S/C13H14N6S2.C2H6/c1-6-3-4-9-11(8-5-14-18-10(6)8)16-13(20-9)17-12-15-7(2)21-19-12;1-2/h5-6H,3-4H2,1-2H3,(H,14,18)(H,16,17,19);1-2H3. The van der Waals surface area contributed by atoms with Crippen molar-refractivity contribution in [3.05, 3.63) is 21.8 Å². The van der Waals surface area contributed by atoms with Gasteiger partial charge in [0, 0.05) is 16.1 Å². The molecule has 6 nitrogen and oxygen atoms in total. The number of aromatic amines is 1. The summed E-state index contributed by atoms with van der Waals surface area (Å²) in [7, 11) is 0. The SMILES string of the molecule is CC.Cc1nc(Nc2nc3c(s2)CCC(C)c2[nH]ncc2-3)ns1. The predicted octanol–water partition coefficient (Wildman–Crippen LogP) is 4.51. The number of nitrogens with zero attached hydrogens (tertiary/aromatic N) is 4. The van der Waals surface area contributed by atoms with E-state index in [1.807, 2.05) is 27.0 Å². The van der Waals surface area contributed by atoms with Gasteiger partial charge in [-0.25, -0.2) is 9.97 Å². The Morgan fingerprint density at radius 3 is 2.87 bits per heavy atom. The third-order valence-corrected chi connectivity index (χ3v) is 5.32. The molecular formula is C15H20N6S2. The summed E-state index contributed by atoms with van der Waals surface area (Å²) >= 11 is 3.07. The number of thiazole rings is 1. The zero-order valence-electron chi connectivity index (χ0n) is 13.7. The first-order valence-electron chi connectivity index (χ1n) is 7.81. The van der Waals surface area contributed by atoms with Crippen molar-refractivity contribution < 1.29 is 0 Å². The molecule has 0 amide bonds. The Balaban J connectivity index is 0.000000753. The van der Waals surface area contributed by atoms with Gasteiger partial charge in [-0.3, -0.25) is 10.4 Å². The summed E-state index contributed by atoms with van der Waals surface area (Å²) in [6.07, 6.45) is 4.03. The van der Waals surface area contributed by atoms with Crippen LogP contribution in [0.2, 0.25) is 0 Å². The average Bonchev–Trinajstić information content (AvgIpc) is 3.25. The van der Waals surface area contributed by atoms with Crippen LogP contribution >= 0.6 is 22.9 Å². The average molecular weight is 349 g/mol. The molecule has 1 unspecified atom stereocenters. The van der Waals surface area contributed by atoms with E-state index in [9.17, 15) is 0 Å². The summed E-state index contributed by atoms with van der Waals surface area (Å²) in [6.45, 7) is 8.17. The fraction of sp³-hybridized carbons (Fsp3) is 0.467. The van der Waals surface area contributed by atoms with Gasteiger partial charge >= 0.3 is 0 Å². The summed E-state index contributed by atoms with van der Waals surface area (Å²) in [5, 5.41) is 12.3. The van der Waals surface area contributed by atoms with E-state index < -0.39 is 0 Å². The summed E-state index contributed by atoms with van der Waals surface area (Å²) < 4.78 is 4.25. The third kappa shape index (κ3) is 3.13. The molecule has 23 heavy (non-hydrogen) atoms. The van der Waals surface area contributed by atoms with E-state index in [0.29, 0.717) is 11.9 Å². The number of nitrogens with one attached hydrogen (secondary N) is 2. The van der Waals surface area contributed by atoms with Crippen LogP contribution in [0, 0.1) is 6.92 Å². The molecule has 0 saturated carbocycles. The molecule has 0 fully saturated rings. The highest BCUT2D eigenvalue weighted by Gasteiger charge is 2.24. The summed E-state index contributed by atoms with van der Waals surface area (Å²) in [6, 6.07) is 0. The quantitative estimate of drug-likeness (QED) is 0.712. The molecule has 122 valence electrons. The fourth-order valence-corrected chi connectivity index (χ4v) is 4.00. The maximum absolute atomic E-state index is 4.74.